The standard InChI is InChI=1S/C12H20N4O3/c1-14(8-9-15-6-4-13-5-7-15)10-11-2-3-12(19-11)16(17)18/h2-3,13H,4-10H2,1H3. The highest BCUT2D eigenvalue weighted by molar-refractivity contribution is 5.17. The summed E-state index contributed by atoms with van der Waals surface area (Å²) in [4.78, 5) is 14.5. The molecule has 0 aromatic carbocycles. The van der Waals surface area contributed by atoms with Gasteiger partial charge in [0, 0.05) is 39.3 Å². The smallest absolute Gasteiger partial charge is 0.404 e. The number of piperazine rings is 1. The molecule has 0 radical (unpaired) electrons. The average Bonchev–Trinajstić information content (AvgIpc) is 2.86. The van der Waals surface area contributed by atoms with Crippen LogP contribution in [0.3, 0.4) is 0 Å². The number of nitrogens with zero attached hydrogens (tertiary/aromatic N) is 3. The Morgan fingerprint density at radius 2 is 2.21 bits per heavy atom. The molecule has 1 aromatic heterocycles. The van der Waals surface area contributed by atoms with Gasteiger partial charge in [-0.05, 0) is 13.1 Å². The topological polar surface area (TPSA) is 74.8 Å². The molecule has 1 aliphatic rings. The van der Waals surface area contributed by atoms with Gasteiger partial charge in [0.2, 0.25) is 0 Å². The molecule has 0 amide bonds. The van der Waals surface area contributed by atoms with Gasteiger partial charge in [0.1, 0.15) is 10.7 Å². The lowest BCUT2D eigenvalue weighted by Gasteiger charge is -2.28. The summed E-state index contributed by atoms with van der Waals surface area (Å²) >= 11 is 0. The van der Waals surface area contributed by atoms with Crippen LogP contribution in [0.1, 0.15) is 5.76 Å². The van der Waals surface area contributed by atoms with Gasteiger partial charge in [0.05, 0.1) is 12.6 Å². The largest absolute Gasteiger partial charge is 0.433 e. The van der Waals surface area contributed by atoms with Gasteiger partial charge in [0.25, 0.3) is 0 Å². The highest BCUT2D eigenvalue weighted by Gasteiger charge is 2.14. The lowest BCUT2D eigenvalue weighted by molar-refractivity contribution is -0.402. The van der Waals surface area contributed by atoms with Crippen molar-refractivity contribution in [2.24, 2.45) is 0 Å². The van der Waals surface area contributed by atoms with Crippen molar-refractivity contribution in [2.45, 2.75) is 6.54 Å². The van der Waals surface area contributed by atoms with Crippen molar-refractivity contribution >= 4 is 5.88 Å². The fourth-order valence-corrected chi connectivity index (χ4v) is 2.14. The molecule has 1 aromatic rings. The molecule has 0 spiro atoms. The van der Waals surface area contributed by atoms with E-state index in [-0.39, 0.29) is 5.88 Å². The first-order chi connectivity index (χ1) is 9.15. The third-order valence-electron chi connectivity index (χ3n) is 3.26. The van der Waals surface area contributed by atoms with Crippen LogP contribution >= 0.6 is 0 Å². The summed E-state index contributed by atoms with van der Waals surface area (Å²) < 4.78 is 5.14. The van der Waals surface area contributed by atoms with Crippen LogP contribution in [-0.2, 0) is 6.54 Å². The Kier molecular flexibility index (Phi) is 4.89. The minimum Gasteiger partial charge on any atom is -0.404 e. The molecule has 1 N–H and O–H groups in total. The van der Waals surface area contributed by atoms with Gasteiger partial charge in [-0.2, -0.15) is 0 Å². The maximum Gasteiger partial charge on any atom is 0.433 e. The average molecular weight is 268 g/mol. The van der Waals surface area contributed by atoms with Crippen molar-refractivity contribution in [3.05, 3.63) is 28.0 Å². The molecule has 0 bridgehead atoms. The summed E-state index contributed by atoms with van der Waals surface area (Å²) in [6.07, 6.45) is 0. The summed E-state index contributed by atoms with van der Waals surface area (Å²) in [6, 6.07) is 3.07. The predicted molar refractivity (Wildman–Crippen MR) is 71.0 cm³/mol. The summed E-state index contributed by atoms with van der Waals surface area (Å²) in [5.74, 6) is 0.444. The second-order valence-electron chi connectivity index (χ2n) is 4.83. The number of hydrogen-bond acceptors (Lipinski definition) is 6. The van der Waals surface area contributed by atoms with Crippen LogP contribution < -0.4 is 5.32 Å². The Hall–Kier alpha value is -1.44. The van der Waals surface area contributed by atoms with Crippen molar-refractivity contribution in [3.63, 3.8) is 0 Å². The number of hydrogen-bond donors (Lipinski definition) is 1. The SMILES string of the molecule is CN(CCN1CCNCC1)Cc1ccc([N+](=O)[O-])o1. The fraction of sp³-hybridized carbons (Fsp3) is 0.667. The van der Waals surface area contributed by atoms with Crippen LogP contribution in [0, 0.1) is 10.1 Å². The van der Waals surface area contributed by atoms with E-state index in [1.165, 1.54) is 6.07 Å². The zero-order chi connectivity index (χ0) is 13.7. The van der Waals surface area contributed by atoms with E-state index in [1.807, 2.05) is 7.05 Å². The second-order valence-corrected chi connectivity index (χ2v) is 4.83. The Morgan fingerprint density at radius 1 is 1.47 bits per heavy atom. The molecular weight excluding hydrogens is 248 g/mol. The Balaban J connectivity index is 1.73. The van der Waals surface area contributed by atoms with Gasteiger partial charge < -0.3 is 9.73 Å². The molecule has 106 valence electrons. The van der Waals surface area contributed by atoms with Crippen molar-refractivity contribution < 1.29 is 9.34 Å². The van der Waals surface area contributed by atoms with E-state index in [9.17, 15) is 10.1 Å². The van der Waals surface area contributed by atoms with Gasteiger partial charge in [-0.15, -0.1) is 0 Å². The molecule has 1 fully saturated rings. The van der Waals surface area contributed by atoms with E-state index in [2.05, 4.69) is 15.1 Å². The number of likely N-dealkylation sites (N-methyl/N-ethyl adjacent to an activating group) is 1. The Morgan fingerprint density at radius 3 is 2.84 bits per heavy atom. The first kappa shape index (κ1) is 14.0. The van der Waals surface area contributed by atoms with E-state index in [4.69, 9.17) is 4.42 Å². The van der Waals surface area contributed by atoms with Gasteiger partial charge in [-0.25, -0.2) is 0 Å². The summed E-state index contributed by atoms with van der Waals surface area (Å²) in [5.41, 5.74) is 0. The maximum atomic E-state index is 10.5. The molecule has 0 saturated carbocycles. The molecule has 2 heterocycles. The highest BCUT2D eigenvalue weighted by Crippen LogP contribution is 2.16. The van der Waals surface area contributed by atoms with E-state index in [0.29, 0.717) is 12.3 Å². The van der Waals surface area contributed by atoms with Crippen LogP contribution in [0.15, 0.2) is 16.5 Å². The van der Waals surface area contributed by atoms with Crippen LogP contribution in [0.5, 0.6) is 0 Å². The lowest BCUT2D eigenvalue weighted by atomic mass is 10.3. The minimum absolute atomic E-state index is 0.189. The monoisotopic (exact) mass is 268 g/mol. The van der Waals surface area contributed by atoms with Crippen molar-refractivity contribution in [2.75, 3.05) is 46.3 Å². The van der Waals surface area contributed by atoms with Crippen LogP contribution in [0.25, 0.3) is 0 Å². The number of nitrogens with one attached hydrogen (secondary N) is 1. The van der Waals surface area contributed by atoms with Crippen LogP contribution in [0.4, 0.5) is 5.88 Å². The minimum atomic E-state index is -0.510. The summed E-state index contributed by atoms with van der Waals surface area (Å²) in [7, 11) is 2.00. The Bertz CT molecular complexity index is 415. The molecule has 19 heavy (non-hydrogen) atoms. The van der Waals surface area contributed by atoms with Crippen LogP contribution in [0.2, 0.25) is 0 Å². The predicted octanol–water partition coefficient (Wildman–Crippen LogP) is 0.525. The van der Waals surface area contributed by atoms with E-state index in [0.717, 1.165) is 39.3 Å². The molecule has 0 aliphatic carbocycles. The summed E-state index contributed by atoms with van der Waals surface area (Å²) in [6.45, 7) is 6.80. The lowest BCUT2D eigenvalue weighted by Crippen LogP contribution is -2.45. The molecule has 0 atom stereocenters. The number of furan rings is 1. The number of nitro groups is 1. The van der Waals surface area contributed by atoms with Gasteiger partial charge in [-0.1, -0.05) is 0 Å². The van der Waals surface area contributed by atoms with Gasteiger partial charge in [0.15, 0.2) is 0 Å². The number of rotatable bonds is 6. The quantitative estimate of drug-likeness (QED) is 0.599. The van der Waals surface area contributed by atoms with Crippen molar-refractivity contribution in [1.82, 2.24) is 15.1 Å². The first-order valence-electron chi connectivity index (χ1n) is 6.50. The molecular formula is C12H20N4O3. The van der Waals surface area contributed by atoms with Crippen molar-refractivity contribution in [1.29, 1.82) is 0 Å². The molecule has 7 heteroatoms. The maximum absolute atomic E-state index is 10.5. The fourth-order valence-electron chi connectivity index (χ4n) is 2.14. The van der Waals surface area contributed by atoms with E-state index >= 15 is 0 Å². The zero-order valence-electron chi connectivity index (χ0n) is 11.2. The normalized spacial score (nSPS) is 16.9. The zero-order valence-corrected chi connectivity index (χ0v) is 11.2. The van der Waals surface area contributed by atoms with Gasteiger partial charge >= 0.3 is 5.88 Å². The van der Waals surface area contributed by atoms with Gasteiger partial charge in [-0.3, -0.25) is 19.9 Å². The van der Waals surface area contributed by atoms with E-state index in [1.54, 1.807) is 6.07 Å². The Labute approximate surface area is 112 Å². The molecule has 2 rings (SSSR count). The summed E-state index contributed by atoms with van der Waals surface area (Å²) in [5, 5.41) is 13.8. The molecule has 1 aliphatic heterocycles. The molecule has 7 nitrogen and oxygen atoms in total. The third-order valence-corrected chi connectivity index (χ3v) is 3.26. The molecule has 1 saturated heterocycles. The highest BCUT2D eigenvalue weighted by atomic mass is 16.6. The van der Waals surface area contributed by atoms with Crippen LogP contribution in [-0.4, -0.2) is 61.0 Å². The first-order valence-corrected chi connectivity index (χ1v) is 6.50. The van der Waals surface area contributed by atoms with Crippen molar-refractivity contribution in [3.8, 4) is 0 Å². The second kappa shape index (κ2) is 6.65. The third kappa shape index (κ3) is 4.30. The molecule has 0 unspecified atom stereocenters. The van der Waals surface area contributed by atoms with E-state index < -0.39 is 4.92 Å².